The second kappa shape index (κ2) is 6.02. The average Bonchev–Trinajstić information content (AvgIpc) is 2.86. The Bertz CT molecular complexity index is 720. The number of aromatic carboxylic acids is 1. The van der Waals surface area contributed by atoms with E-state index in [4.69, 9.17) is 4.74 Å². The first kappa shape index (κ1) is 15.5. The summed E-state index contributed by atoms with van der Waals surface area (Å²) in [5.41, 5.74) is 3.11. The van der Waals surface area contributed by atoms with Crippen LogP contribution in [0.5, 0.6) is 0 Å². The molecule has 1 aliphatic heterocycles. The third kappa shape index (κ3) is 2.66. The molecule has 0 spiro atoms. The number of hydrogen-bond donors (Lipinski definition) is 1. The van der Waals surface area contributed by atoms with Crippen molar-refractivity contribution in [3.8, 4) is 0 Å². The highest BCUT2D eigenvalue weighted by atomic mass is 79.9. The largest absolute Gasteiger partial charge is 0.478 e. The van der Waals surface area contributed by atoms with Crippen LogP contribution in [-0.2, 0) is 4.74 Å². The van der Waals surface area contributed by atoms with Gasteiger partial charge in [0.05, 0.1) is 18.8 Å². The monoisotopic (exact) mass is 366 g/mol. The number of pyridine rings is 1. The first-order valence-corrected chi connectivity index (χ1v) is 8.14. The van der Waals surface area contributed by atoms with Crippen LogP contribution in [0.1, 0.15) is 34.6 Å². The molecule has 118 valence electrons. The van der Waals surface area contributed by atoms with Gasteiger partial charge in [-0.3, -0.25) is 4.90 Å². The molecular weight excluding hydrogens is 348 g/mol. The predicted octanol–water partition coefficient (Wildman–Crippen LogP) is 3.10. The van der Waals surface area contributed by atoms with Crippen molar-refractivity contribution in [1.82, 2.24) is 9.30 Å². The lowest BCUT2D eigenvalue weighted by Gasteiger charge is -2.33. The molecule has 6 heteroatoms. The summed E-state index contributed by atoms with van der Waals surface area (Å²) in [5, 5.41) is 9.49. The van der Waals surface area contributed by atoms with Crippen LogP contribution >= 0.6 is 15.9 Å². The summed E-state index contributed by atoms with van der Waals surface area (Å²) in [4.78, 5) is 13.9. The number of fused-ring (bicyclic) bond motifs is 1. The lowest BCUT2D eigenvalue weighted by atomic mass is 10.0. The number of carboxylic acid groups (broad SMARTS) is 1. The number of halogens is 1. The summed E-state index contributed by atoms with van der Waals surface area (Å²) < 4.78 is 8.46. The Hall–Kier alpha value is -1.37. The lowest BCUT2D eigenvalue weighted by molar-refractivity contribution is 0.0187. The molecule has 1 fully saturated rings. The summed E-state index contributed by atoms with van der Waals surface area (Å²) in [6, 6.07) is 3.81. The number of carbonyl (C=O) groups is 1. The molecule has 2 aromatic rings. The zero-order valence-corrected chi connectivity index (χ0v) is 14.3. The van der Waals surface area contributed by atoms with Gasteiger partial charge in [0.2, 0.25) is 0 Å². The van der Waals surface area contributed by atoms with Crippen LogP contribution in [0.4, 0.5) is 0 Å². The van der Waals surface area contributed by atoms with Crippen molar-refractivity contribution >= 4 is 27.4 Å². The molecule has 3 heterocycles. The molecule has 0 saturated carbocycles. The smallest absolute Gasteiger partial charge is 0.336 e. The first-order valence-electron chi connectivity index (χ1n) is 7.35. The molecule has 1 unspecified atom stereocenters. The maximum atomic E-state index is 11.6. The van der Waals surface area contributed by atoms with Gasteiger partial charge in [-0.25, -0.2) is 4.79 Å². The molecule has 3 rings (SSSR count). The third-order valence-electron chi connectivity index (χ3n) is 4.38. The van der Waals surface area contributed by atoms with E-state index in [1.807, 2.05) is 19.2 Å². The van der Waals surface area contributed by atoms with Crippen LogP contribution in [0, 0.1) is 6.92 Å². The van der Waals surface area contributed by atoms with E-state index in [1.165, 1.54) is 0 Å². The van der Waals surface area contributed by atoms with E-state index in [0.717, 1.165) is 47.6 Å². The van der Waals surface area contributed by atoms with Crippen LogP contribution < -0.4 is 0 Å². The number of carboxylic acids is 1. The number of rotatable bonds is 3. The van der Waals surface area contributed by atoms with E-state index in [-0.39, 0.29) is 6.04 Å². The van der Waals surface area contributed by atoms with Crippen LogP contribution in [0.3, 0.4) is 0 Å². The minimum Gasteiger partial charge on any atom is -0.478 e. The molecule has 1 atom stereocenters. The summed E-state index contributed by atoms with van der Waals surface area (Å²) >= 11 is 3.49. The standard InChI is InChI=1S/C16H19BrN2O3/c1-10-14(16(20)21)8-13-7-12(17)9-19(13)15(10)11(2)18-3-5-22-6-4-18/h7-9,11H,3-6H2,1-2H3,(H,20,21). The predicted molar refractivity (Wildman–Crippen MR) is 87.6 cm³/mol. The minimum atomic E-state index is -0.882. The fourth-order valence-electron chi connectivity index (χ4n) is 3.22. The topological polar surface area (TPSA) is 54.2 Å². The van der Waals surface area contributed by atoms with E-state index in [0.29, 0.717) is 5.56 Å². The van der Waals surface area contributed by atoms with E-state index in [1.54, 1.807) is 6.07 Å². The highest BCUT2D eigenvalue weighted by Crippen LogP contribution is 2.30. The molecule has 5 nitrogen and oxygen atoms in total. The molecule has 0 bridgehead atoms. The van der Waals surface area contributed by atoms with E-state index < -0.39 is 5.97 Å². The van der Waals surface area contributed by atoms with Crippen LogP contribution in [0.25, 0.3) is 5.52 Å². The number of ether oxygens (including phenoxy) is 1. The molecule has 22 heavy (non-hydrogen) atoms. The van der Waals surface area contributed by atoms with E-state index in [9.17, 15) is 9.90 Å². The Morgan fingerprint density at radius 2 is 2.05 bits per heavy atom. The fraction of sp³-hybridized carbons (Fsp3) is 0.438. The molecule has 2 aromatic heterocycles. The van der Waals surface area contributed by atoms with Gasteiger partial charge in [-0.2, -0.15) is 0 Å². The van der Waals surface area contributed by atoms with Crippen molar-refractivity contribution < 1.29 is 14.6 Å². The molecule has 0 aromatic carbocycles. The van der Waals surface area contributed by atoms with Gasteiger partial charge in [0.25, 0.3) is 0 Å². The Balaban J connectivity index is 2.16. The Labute approximate surface area is 137 Å². The quantitative estimate of drug-likeness (QED) is 0.906. The van der Waals surface area contributed by atoms with Crippen LogP contribution in [0.2, 0.25) is 0 Å². The van der Waals surface area contributed by atoms with Gasteiger partial charge in [0, 0.05) is 41.0 Å². The average molecular weight is 367 g/mol. The maximum absolute atomic E-state index is 11.6. The van der Waals surface area contributed by atoms with Crippen molar-refractivity contribution in [1.29, 1.82) is 0 Å². The van der Waals surface area contributed by atoms with Gasteiger partial charge in [-0.1, -0.05) is 0 Å². The van der Waals surface area contributed by atoms with Gasteiger partial charge >= 0.3 is 5.97 Å². The van der Waals surface area contributed by atoms with Crippen molar-refractivity contribution in [2.45, 2.75) is 19.9 Å². The fourth-order valence-corrected chi connectivity index (χ4v) is 3.65. The third-order valence-corrected chi connectivity index (χ3v) is 4.81. The van der Waals surface area contributed by atoms with E-state index in [2.05, 4.69) is 32.2 Å². The number of aromatic nitrogens is 1. The summed E-state index contributed by atoms with van der Waals surface area (Å²) in [6.45, 7) is 7.19. The minimum absolute atomic E-state index is 0.130. The van der Waals surface area contributed by atoms with Gasteiger partial charge in [0.1, 0.15) is 0 Å². The van der Waals surface area contributed by atoms with Crippen molar-refractivity contribution in [2.75, 3.05) is 26.3 Å². The highest BCUT2D eigenvalue weighted by molar-refractivity contribution is 9.10. The number of hydrogen-bond acceptors (Lipinski definition) is 3. The summed E-state index contributed by atoms with van der Waals surface area (Å²) in [7, 11) is 0. The molecule has 0 aliphatic carbocycles. The Morgan fingerprint density at radius 3 is 2.68 bits per heavy atom. The lowest BCUT2D eigenvalue weighted by Crippen LogP contribution is -2.39. The maximum Gasteiger partial charge on any atom is 0.336 e. The summed E-state index contributed by atoms with van der Waals surface area (Å²) in [5.74, 6) is -0.882. The van der Waals surface area contributed by atoms with Gasteiger partial charge in [-0.15, -0.1) is 0 Å². The number of nitrogens with zero attached hydrogens (tertiary/aromatic N) is 2. The molecule has 0 radical (unpaired) electrons. The first-order chi connectivity index (χ1) is 10.5. The molecule has 1 N–H and O–H groups in total. The molecule has 1 saturated heterocycles. The zero-order valence-electron chi connectivity index (χ0n) is 12.7. The van der Waals surface area contributed by atoms with Crippen LogP contribution in [-0.4, -0.2) is 46.7 Å². The molecular formula is C16H19BrN2O3. The second-order valence-electron chi connectivity index (χ2n) is 5.65. The van der Waals surface area contributed by atoms with Gasteiger partial charge < -0.3 is 14.2 Å². The van der Waals surface area contributed by atoms with Crippen molar-refractivity contribution in [2.24, 2.45) is 0 Å². The molecule has 0 amide bonds. The second-order valence-corrected chi connectivity index (χ2v) is 6.57. The highest BCUT2D eigenvalue weighted by Gasteiger charge is 2.25. The molecule has 1 aliphatic rings. The van der Waals surface area contributed by atoms with Crippen LogP contribution in [0.15, 0.2) is 22.8 Å². The van der Waals surface area contributed by atoms with E-state index >= 15 is 0 Å². The van der Waals surface area contributed by atoms with Gasteiger partial charge in [-0.05, 0) is 47.5 Å². The van der Waals surface area contributed by atoms with Crippen molar-refractivity contribution in [3.05, 3.63) is 39.6 Å². The summed E-state index contributed by atoms with van der Waals surface area (Å²) in [6.07, 6.45) is 2.00. The zero-order chi connectivity index (χ0) is 15.9. The van der Waals surface area contributed by atoms with Gasteiger partial charge in [0.15, 0.2) is 0 Å². The normalized spacial score (nSPS) is 17.8. The Morgan fingerprint density at radius 1 is 1.36 bits per heavy atom. The Kier molecular flexibility index (Phi) is 4.25. The number of morpholine rings is 1. The SMILES string of the molecule is Cc1c(C(=O)O)cc2cc(Br)cn2c1C(C)N1CCOCC1. The van der Waals surface area contributed by atoms with Crippen molar-refractivity contribution in [3.63, 3.8) is 0 Å².